The van der Waals surface area contributed by atoms with Crippen LogP contribution >= 0.6 is 0 Å². The summed E-state index contributed by atoms with van der Waals surface area (Å²) in [6.07, 6.45) is 6.40. The van der Waals surface area contributed by atoms with E-state index in [4.69, 9.17) is 4.74 Å². The summed E-state index contributed by atoms with van der Waals surface area (Å²) in [5, 5.41) is 0. The van der Waals surface area contributed by atoms with Gasteiger partial charge in [0.1, 0.15) is 0 Å². The summed E-state index contributed by atoms with van der Waals surface area (Å²) in [6, 6.07) is 8.73. The van der Waals surface area contributed by atoms with Crippen LogP contribution in [0.1, 0.15) is 36.2 Å². The quantitative estimate of drug-likeness (QED) is 0.841. The summed E-state index contributed by atoms with van der Waals surface area (Å²) in [5.41, 5.74) is 3.91. The van der Waals surface area contributed by atoms with Gasteiger partial charge in [-0.3, -0.25) is 4.79 Å². The largest absolute Gasteiger partial charge is 0.380 e. The lowest BCUT2D eigenvalue weighted by atomic mass is 10.0. The normalized spacial score (nSPS) is 19.7. The average molecular weight is 339 g/mol. The molecule has 0 fully saturated rings. The van der Waals surface area contributed by atoms with Gasteiger partial charge in [-0.2, -0.15) is 0 Å². The van der Waals surface area contributed by atoms with Gasteiger partial charge in [0.15, 0.2) is 0 Å². The zero-order valence-corrected chi connectivity index (χ0v) is 14.7. The highest BCUT2D eigenvalue weighted by molar-refractivity contribution is 5.76. The van der Waals surface area contributed by atoms with E-state index in [9.17, 15) is 4.79 Å². The number of carbonyl (C=O) groups is 1. The van der Waals surface area contributed by atoms with Crippen molar-refractivity contribution in [3.63, 3.8) is 0 Å². The van der Waals surface area contributed by atoms with Gasteiger partial charge < -0.3 is 14.2 Å². The van der Waals surface area contributed by atoms with Gasteiger partial charge in [0, 0.05) is 25.8 Å². The Hall–Kier alpha value is -2.14. The zero-order valence-electron chi connectivity index (χ0n) is 14.7. The van der Waals surface area contributed by atoms with Crippen molar-refractivity contribution in [2.45, 2.75) is 38.8 Å². The first-order valence-corrected chi connectivity index (χ1v) is 9.17. The van der Waals surface area contributed by atoms with E-state index in [1.54, 1.807) is 0 Å². The van der Waals surface area contributed by atoms with Crippen LogP contribution < -0.4 is 0 Å². The molecular formula is C20H25N3O2. The maximum absolute atomic E-state index is 12.9. The number of imidazole rings is 1. The van der Waals surface area contributed by atoms with Gasteiger partial charge >= 0.3 is 0 Å². The number of nitrogens with zero attached hydrogens (tertiary/aromatic N) is 3. The lowest BCUT2D eigenvalue weighted by molar-refractivity contribution is -0.134. The van der Waals surface area contributed by atoms with Crippen LogP contribution in [-0.2, 0) is 28.9 Å². The minimum absolute atomic E-state index is 0.163. The molecule has 0 bridgehead atoms. The lowest BCUT2D eigenvalue weighted by Crippen LogP contribution is -2.42. The third-order valence-corrected chi connectivity index (χ3v) is 5.39. The predicted molar refractivity (Wildman–Crippen MR) is 95.1 cm³/mol. The first-order chi connectivity index (χ1) is 12.2. The third-order valence-electron chi connectivity index (χ3n) is 5.39. The van der Waals surface area contributed by atoms with E-state index in [1.165, 1.54) is 11.1 Å². The van der Waals surface area contributed by atoms with Crippen LogP contribution in [0.25, 0.3) is 0 Å². The maximum atomic E-state index is 12.9. The highest BCUT2D eigenvalue weighted by Gasteiger charge is 2.30. The standard InChI is InChI=1S/C20H25N3O2/c1-2-25-13-19-12-22(11-18-10-21-14-23(18)19)20(24)9-15-7-16-5-3-4-6-17(16)8-15/h3-6,10,14-15,19H,2,7-9,11-13H2,1H3. The van der Waals surface area contributed by atoms with Crippen LogP contribution in [0.2, 0.25) is 0 Å². The molecule has 0 spiro atoms. The minimum Gasteiger partial charge on any atom is -0.380 e. The zero-order chi connectivity index (χ0) is 17.2. The molecule has 0 N–H and O–H groups in total. The Balaban J connectivity index is 1.41. The third kappa shape index (κ3) is 3.33. The van der Waals surface area contributed by atoms with Crippen molar-refractivity contribution in [3.05, 3.63) is 53.6 Å². The number of benzene rings is 1. The molecule has 2 aromatic rings. The molecule has 25 heavy (non-hydrogen) atoms. The van der Waals surface area contributed by atoms with E-state index < -0.39 is 0 Å². The number of carbonyl (C=O) groups excluding carboxylic acids is 1. The van der Waals surface area contributed by atoms with Gasteiger partial charge in [-0.05, 0) is 36.8 Å². The van der Waals surface area contributed by atoms with Crippen LogP contribution in [0, 0.1) is 5.92 Å². The molecule has 4 rings (SSSR count). The Morgan fingerprint density at radius 3 is 2.76 bits per heavy atom. The summed E-state index contributed by atoms with van der Waals surface area (Å²) in [7, 11) is 0. The van der Waals surface area contributed by atoms with Gasteiger partial charge in [-0.15, -0.1) is 0 Å². The molecule has 1 unspecified atom stereocenters. The molecule has 5 nitrogen and oxygen atoms in total. The highest BCUT2D eigenvalue weighted by Crippen LogP contribution is 2.30. The molecule has 1 amide bonds. The predicted octanol–water partition coefficient (Wildman–Crippen LogP) is 2.61. The van der Waals surface area contributed by atoms with E-state index in [0.29, 0.717) is 38.6 Å². The summed E-state index contributed by atoms with van der Waals surface area (Å²) >= 11 is 0. The van der Waals surface area contributed by atoms with Crippen molar-refractivity contribution in [1.82, 2.24) is 14.5 Å². The first-order valence-electron chi connectivity index (χ1n) is 9.17. The van der Waals surface area contributed by atoms with Crippen molar-refractivity contribution in [2.75, 3.05) is 19.8 Å². The van der Waals surface area contributed by atoms with Gasteiger partial charge in [0.25, 0.3) is 0 Å². The summed E-state index contributed by atoms with van der Waals surface area (Å²) < 4.78 is 7.77. The van der Waals surface area contributed by atoms with E-state index >= 15 is 0 Å². The Morgan fingerprint density at radius 1 is 1.28 bits per heavy atom. The molecular weight excluding hydrogens is 314 g/mol. The molecule has 132 valence electrons. The number of amides is 1. The number of hydrogen-bond donors (Lipinski definition) is 0. The van der Waals surface area contributed by atoms with Gasteiger partial charge in [0.2, 0.25) is 5.91 Å². The Bertz CT molecular complexity index is 730. The summed E-state index contributed by atoms with van der Waals surface area (Å²) in [5.74, 6) is 0.689. The number of aromatic nitrogens is 2. The second kappa shape index (κ2) is 7.00. The van der Waals surface area contributed by atoms with E-state index in [1.807, 2.05) is 24.3 Å². The monoisotopic (exact) mass is 339 g/mol. The molecule has 1 aromatic carbocycles. The fourth-order valence-electron chi connectivity index (χ4n) is 4.13. The Morgan fingerprint density at radius 2 is 2.04 bits per heavy atom. The SMILES string of the molecule is CCOCC1CN(C(=O)CC2Cc3ccccc3C2)Cc2cncn21. The van der Waals surface area contributed by atoms with Crippen molar-refractivity contribution in [1.29, 1.82) is 0 Å². The molecule has 0 saturated carbocycles. The average Bonchev–Trinajstić information content (AvgIpc) is 3.25. The topological polar surface area (TPSA) is 47.4 Å². The maximum Gasteiger partial charge on any atom is 0.223 e. The molecule has 1 aliphatic carbocycles. The number of ether oxygens (including phenoxy) is 1. The number of fused-ring (bicyclic) bond motifs is 2. The van der Waals surface area contributed by atoms with Crippen molar-refractivity contribution in [3.8, 4) is 0 Å². The van der Waals surface area contributed by atoms with Crippen molar-refractivity contribution < 1.29 is 9.53 Å². The molecule has 0 radical (unpaired) electrons. The van der Waals surface area contributed by atoms with Crippen molar-refractivity contribution in [2.24, 2.45) is 5.92 Å². The van der Waals surface area contributed by atoms with Crippen LogP contribution in [-0.4, -0.2) is 40.1 Å². The molecule has 0 saturated heterocycles. The van der Waals surface area contributed by atoms with E-state index in [2.05, 4.69) is 33.8 Å². The molecule has 1 aromatic heterocycles. The molecule has 5 heteroatoms. The molecule has 2 heterocycles. The van der Waals surface area contributed by atoms with Gasteiger partial charge in [-0.1, -0.05) is 24.3 Å². The second-order valence-electron chi connectivity index (χ2n) is 7.13. The van der Waals surface area contributed by atoms with E-state index in [-0.39, 0.29) is 11.9 Å². The number of rotatable bonds is 5. The fourth-order valence-corrected chi connectivity index (χ4v) is 4.13. The smallest absolute Gasteiger partial charge is 0.223 e. The highest BCUT2D eigenvalue weighted by atomic mass is 16.5. The molecule has 2 aliphatic rings. The van der Waals surface area contributed by atoms with Gasteiger partial charge in [0.05, 0.1) is 31.2 Å². The van der Waals surface area contributed by atoms with Crippen LogP contribution in [0.3, 0.4) is 0 Å². The second-order valence-corrected chi connectivity index (χ2v) is 7.13. The molecule has 1 atom stereocenters. The molecule has 1 aliphatic heterocycles. The minimum atomic E-state index is 0.163. The van der Waals surface area contributed by atoms with Crippen LogP contribution in [0.4, 0.5) is 0 Å². The van der Waals surface area contributed by atoms with Gasteiger partial charge in [-0.25, -0.2) is 4.98 Å². The van der Waals surface area contributed by atoms with Crippen LogP contribution in [0.15, 0.2) is 36.8 Å². The summed E-state index contributed by atoms with van der Waals surface area (Å²) in [6.45, 7) is 4.68. The Labute approximate surface area is 148 Å². The lowest BCUT2D eigenvalue weighted by Gasteiger charge is -2.35. The van der Waals surface area contributed by atoms with Crippen LogP contribution in [0.5, 0.6) is 0 Å². The number of hydrogen-bond acceptors (Lipinski definition) is 3. The summed E-state index contributed by atoms with van der Waals surface area (Å²) in [4.78, 5) is 19.2. The van der Waals surface area contributed by atoms with E-state index in [0.717, 1.165) is 18.5 Å². The Kier molecular flexibility index (Phi) is 4.57. The van der Waals surface area contributed by atoms with Crippen molar-refractivity contribution >= 4 is 5.91 Å². The fraction of sp³-hybridized carbons (Fsp3) is 0.500. The first kappa shape index (κ1) is 16.3.